The number of hydrogen-bond acceptors (Lipinski definition) is 4. The number of nitrogens with one attached hydrogen (secondary N) is 1. The summed E-state index contributed by atoms with van der Waals surface area (Å²) in [4.78, 5) is 11.7. The van der Waals surface area contributed by atoms with Gasteiger partial charge in [0.25, 0.3) is 0 Å². The summed E-state index contributed by atoms with van der Waals surface area (Å²) in [6, 6.07) is 0. The average molecular weight is 356 g/mol. The molecule has 3 fully saturated rings. The number of amides is 1. The molecule has 1 aliphatic carbocycles. The Kier molecular flexibility index (Phi) is 4.35. The number of nitrogens with zero attached hydrogens (tertiary/aromatic N) is 1. The molecule has 0 bridgehead atoms. The molecule has 1 saturated carbocycles. The lowest BCUT2D eigenvalue weighted by molar-refractivity contribution is -0.121. The summed E-state index contributed by atoms with van der Waals surface area (Å²) < 4.78 is 66.6. The molecule has 10 heteroatoms. The molecular weight excluding hydrogens is 337 g/mol. The van der Waals surface area contributed by atoms with Gasteiger partial charge in [-0.05, 0) is 18.8 Å². The number of hydrogen-bond donors (Lipinski definition) is 1. The number of carbonyl (C=O) groups excluding carboxylic acids is 1. The molecule has 1 N–H and O–H groups in total. The Labute approximate surface area is 132 Å². The lowest BCUT2D eigenvalue weighted by Gasteiger charge is -2.20. The van der Waals surface area contributed by atoms with Crippen LogP contribution in [0.1, 0.15) is 19.3 Å². The Morgan fingerprint density at radius 2 is 1.96 bits per heavy atom. The van der Waals surface area contributed by atoms with E-state index in [1.54, 1.807) is 0 Å². The molecule has 3 rings (SSSR count). The van der Waals surface area contributed by atoms with E-state index in [0.717, 1.165) is 12.8 Å². The van der Waals surface area contributed by atoms with Gasteiger partial charge in [0, 0.05) is 37.9 Å². The van der Waals surface area contributed by atoms with Gasteiger partial charge in [0.15, 0.2) is 0 Å². The summed E-state index contributed by atoms with van der Waals surface area (Å²) in [6.07, 6.45) is 2.08. The molecule has 3 aliphatic rings. The molecule has 132 valence electrons. The summed E-state index contributed by atoms with van der Waals surface area (Å²) in [5.74, 6) is -0.0693. The van der Waals surface area contributed by atoms with Gasteiger partial charge in [0.1, 0.15) is 0 Å². The number of fused-ring (bicyclic) bond motifs is 1. The third kappa shape index (κ3) is 3.48. The SMILES string of the molecule is O=C(CC1CC1)NC[C@H]1CO[C@@H]2CN(S(=O)(=O)C(F)(F)F)C[C@H]12. The fraction of sp³-hybridized carbons (Fsp3) is 0.923. The van der Waals surface area contributed by atoms with Crippen LogP contribution in [-0.4, -0.2) is 56.5 Å². The van der Waals surface area contributed by atoms with E-state index < -0.39 is 21.6 Å². The minimum atomic E-state index is -5.31. The molecule has 0 unspecified atom stereocenters. The summed E-state index contributed by atoms with van der Waals surface area (Å²) in [5.41, 5.74) is -5.29. The van der Waals surface area contributed by atoms with Crippen LogP contribution < -0.4 is 5.32 Å². The Morgan fingerprint density at radius 1 is 1.26 bits per heavy atom. The van der Waals surface area contributed by atoms with Crippen LogP contribution in [-0.2, 0) is 19.6 Å². The summed E-state index contributed by atoms with van der Waals surface area (Å²) in [7, 11) is -5.31. The van der Waals surface area contributed by atoms with E-state index in [9.17, 15) is 26.4 Å². The highest BCUT2D eigenvalue weighted by Crippen LogP contribution is 2.38. The van der Waals surface area contributed by atoms with E-state index in [0.29, 0.717) is 29.8 Å². The van der Waals surface area contributed by atoms with Crippen molar-refractivity contribution >= 4 is 15.9 Å². The van der Waals surface area contributed by atoms with Crippen LogP contribution >= 0.6 is 0 Å². The number of carbonyl (C=O) groups is 1. The maximum Gasteiger partial charge on any atom is 0.511 e. The van der Waals surface area contributed by atoms with Gasteiger partial charge in [-0.15, -0.1) is 0 Å². The van der Waals surface area contributed by atoms with Gasteiger partial charge >= 0.3 is 15.5 Å². The van der Waals surface area contributed by atoms with Crippen molar-refractivity contribution in [1.82, 2.24) is 9.62 Å². The molecular formula is C13H19F3N2O4S. The fourth-order valence-electron chi connectivity index (χ4n) is 3.22. The number of rotatable bonds is 5. The third-order valence-electron chi connectivity index (χ3n) is 4.77. The molecule has 2 heterocycles. The van der Waals surface area contributed by atoms with Crippen molar-refractivity contribution in [3.63, 3.8) is 0 Å². The van der Waals surface area contributed by atoms with Crippen LogP contribution in [0.15, 0.2) is 0 Å². The van der Waals surface area contributed by atoms with E-state index in [2.05, 4.69) is 5.32 Å². The average Bonchev–Trinajstić information content (AvgIpc) is 3.00. The Balaban J connectivity index is 1.55. The van der Waals surface area contributed by atoms with Gasteiger partial charge in [0.2, 0.25) is 5.91 Å². The zero-order valence-corrected chi connectivity index (χ0v) is 13.2. The molecule has 3 atom stereocenters. The van der Waals surface area contributed by atoms with E-state index in [-0.39, 0.29) is 30.8 Å². The fourth-order valence-corrected chi connectivity index (χ4v) is 4.22. The molecule has 0 aromatic heterocycles. The second kappa shape index (κ2) is 5.89. The second-order valence-corrected chi connectivity index (χ2v) is 8.44. The molecule has 0 aromatic carbocycles. The first-order valence-corrected chi connectivity index (χ1v) is 9.07. The number of halogens is 3. The van der Waals surface area contributed by atoms with Crippen LogP contribution in [0.5, 0.6) is 0 Å². The first kappa shape index (κ1) is 17.0. The summed E-state index contributed by atoms with van der Waals surface area (Å²) in [5, 5.41) is 2.78. The lowest BCUT2D eigenvalue weighted by Crippen LogP contribution is -2.41. The highest BCUT2D eigenvalue weighted by atomic mass is 32.2. The largest absolute Gasteiger partial charge is 0.511 e. The van der Waals surface area contributed by atoms with Crippen molar-refractivity contribution in [2.75, 3.05) is 26.2 Å². The van der Waals surface area contributed by atoms with Gasteiger partial charge < -0.3 is 10.1 Å². The summed E-state index contributed by atoms with van der Waals surface area (Å²) in [6.45, 7) is 0.153. The highest BCUT2D eigenvalue weighted by Gasteiger charge is 2.55. The predicted molar refractivity (Wildman–Crippen MR) is 73.6 cm³/mol. The molecule has 2 aliphatic heterocycles. The Morgan fingerprint density at radius 3 is 2.57 bits per heavy atom. The summed E-state index contributed by atoms with van der Waals surface area (Å²) >= 11 is 0. The topological polar surface area (TPSA) is 75.7 Å². The van der Waals surface area contributed by atoms with Crippen molar-refractivity contribution in [1.29, 1.82) is 0 Å². The lowest BCUT2D eigenvalue weighted by atomic mass is 9.93. The highest BCUT2D eigenvalue weighted by molar-refractivity contribution is 7.90. The molecule has 0 spiro atoms. The van der Waals surface area contributed by atoms with E-state index in [4.69, 9.17) is 4.74 Å². The van der Waals surface area contributed by atoms with E-state index in [1.807, 2.05) is 0 Å². The van der Waals surface area contributed by atoms with Crippen molar-refractivity contribution in [2.45, 2.75) is 30.9 Å². The quantitative estimate of drug-likeness (QED) is 0.787. The van der Waals surface area contributed by atoms with Crippen molar-refractivity contribution < 1.29 is 31.1 Å². The first-order chi connectivity index (χ1) is 10.7. The second-order valence-electron chi connectivity index (χ2n) is 6.52. The maximum absolute atomic E-state index is 12.6. The van der Waals surface area contributed by atoms with Gasteiger partial charge in [-0.1, -0.05) is 0 Å². The van der Waals surface area contributed by atoms with Crippen LogP contribution in [0.3, 0.4) is 0 Å². The minimum Gasteiger partial charge on any atom is -0.376 e. The zero-order valence-electron chi connectivity index (χ0n) is 12.4. The van der Waals surface area contributed by atoms with Crippen LogP contribution in [0.2, 0.25) is 0 Å². The van der Waals surface area contributed by atoms with Crippen LogP contribution in [0.25, 0.3) is 0 Å². The number of ether oxygens (including phenoxy) is 1. The van der Waals surface area contributed by atoms with Gasteiger partial charge in [0.05, 0.1) is 12.7 Å². The molecule has 0 aromatic rings. The van der Waals surface area contributed by atoms with E-state index >= 15 is 0 Å². The predicted octanol–water partition coefficient (Wildman–Crippen LogP) is 0.699. The molecule has 23 heavy (non-hydrogen) atoms. The molecule has 0 radical (unpaired) electrons. The molecule has 6 nitrogen and oxygen atoms in total. The van der Waals surface area contributed by atoms with Gasteiger partial charge in [-0.2, -0.15) is 17.5 Å². The van der Waals surface area contributed by atoms with Crippen molar-refractivity contribution in [2.24, 2.45) is 17.8 Å². The minimum absolute atomic E-state index is 0.0614. The number of alkyl halides is 3. The molecule has 2 saturated heterocycles. The monoisotopic (exact) mass is 356 g/mol. The van der Waals surface area contributed by atoms with E-state index in [1.165, 1.54) is 0 Å². The Bertz CT molecular complexity index is 576. The zero-order chi connectivity index (χ0) is 16.8. The smallest absolute Gasteiger partial charge is 0.376 e. The number of sulfonamides is 1. The van der Waals surface area contributed by atoms with Gasteiger partial charge in [-0.25, -0.2) is 8.42 Å². The van der Waals surface area contributed by atoms with Crippen LogP contribution in [0, 0.1) is 17.8 Å². The first-order valence-electron chi connectivity index (χ1n) is 7.63. The van der Waals surface area contributed by atoms with Crippen molar-refractivity contribution in [3.8, 4) is 0 Å². The Hall–Kier alpha value is -0.870. The maximum atomic E-state index is 12.6. The standard InChI is InChI=1S/C13H19F3N2O4S/c14-13(15,16)23(20,21)18-5-10-9(7-22-11(10)6-18)4-17-12(19)3-8-1-2-8/h8-11H,1-7H2,(H,17,19)/t9-,10+,11+/m0/s1. The third-order valence-corrected chi connectivity index (χ3v) is 6.33. The van der Waals surface area contributed by atoms with Gasteiger partial charge in [-0.3, -0.25) is 4.79 Å². The van der Waals surface area contributed by atoms with Crippen molar-refractivity contribution in [3.05, 3.63) is 0 Å². The normalized spacial score (nSPS) is 32.0. The molecule has 1 amide bonds. The van der Waals surface area contributed by atoms with Crippen LogP contribution in [0.4, 0.5) is 13.2 Å².